The predicted molar refractivity (Wildman–Crippen MR) is 65.4 cm³/mol. The average Bonchev–Trinajstić information content (AvgIpc) is 2.27. The molecule has 17 heavy (non-hydrogen) atoms. The van der Waals surface area contributed by atoms with Gasteiger partial charge in [0.15, 0.2) is 0 Å². The number of urea groups is 1. The molecule has 1 N–H and O–H groups in total. The molecule has 1 saturated heterocycles. The van der Waals surface area contributed by atoms with Gasteiger partial charge in [0.2, 0.25) is 5.91 Å². The normalized spacial score (nSPS) is 34.4. The fourth-order valence-electron chi connectivity index (χ4n) is 2.93. The summed E-state index contributed by atoms with van der Waals surface area (Å²) in [4.78, 5) is 25.7. The molecule has 96 valence electrons. The smallest absolute Gasteiger partial charge is 0.324 e. The van der Waals surface area contributed by atoms with E-state index in [9.17, 15) is 9.59 Å². The van der Waals surface area contributed by atoms with Crippen LogP contribution >= 0.6 is 0 Å². The zero-order valence-electron chi connectivity index (χ0n) is 11.0. The second-order valence-corrected chi connectivity index (χ2v) is 5.89. The van der Waals surface area contributed by atoms with Crippen LogP contribution in [0.2, 0.25) is 0 Å². The van der Waals surface area contributed by atoms with Crippen molar-refractivity contribution in [2.45, 2.75) is 52.5 Å². The van der Waals surface area contributed by atoms with Crippen LogP contribution in [0.25, 0.3) is 0 Å². The van der Waals surface area contributed by atoms with Crippen molar-refractivity contribution in [3.63, 3.8) is 0 Å². The van der Waals surface area contributed by atoms with Gasteiger partial charge in [0.05, 0.1) is 5.41 Å². The summed E-state index contributed by atoms with van der Waals surface area (Å²) in [6.07, 6.45) is 4.01. The van der Waals surface area contributed by atoms with Gasteiger partial charge < -0.3 is 5.32 Å². The molecule has 4 heteroatoms. The summed E-state index contributed by atoms with van der Waals surface area (Å²) >= 11 is 0. The summed E-state index contributed by atoms with van der Waals surface area (Å²) in [6.45, 7) is 6.55. The van der Waals surface area contributed by atoms with Gasteiger partial charge in [-0.25, -0.2) is 4.79 Å². The van der Waals surface area contributed by atoms with Crippen molar-refractivity contribution in [3.8, 4) is 0 Å². The Morgan fingerprint density at radius 2 is 1.88 bits per heavy atom. The molecule has 1 spiro atoms. The van der Waals surface area contributed by atoms with Crippen molar-refractivity contribution < 1.29 is 9.59 Å². The minimum absolute atomic E-state index is 0.0446. The van der Waals surface area contributed by atoms with Gasteiger partial charge in [-0.05, 0) is 45.4 Å². The van der Waals surface area contributed by atoms with E-state index >= 15 is 0 Å². The maximum Gasteiger partial charge on any atom is 0.324 e. The molecule has 0 aromatic carbocycles. The summed E-state index contributed by atoms with van der Waals surface area (Å²) < 4.78 is 0. The van der Waals surface area contributed by atoms with Crippen LogP contribution < -0.4 is 5.32 Å². The van der Waals surface area contributed by atoms with Crippen LogP contribution in [0.15, 0.2) is 0 Å². The van der Waals surface area contributed by atoms with Crippen LogP contribution in [0.1, 0.15) is 46.5 Å². The van der Waals surface area contributed by atoms with Crippen LogP contribution in [-0.2, 0) is 4.79 Å². The van der Waals surface area contributed by atoms with Crippen molar-refractivity contribution in [1.29, 1.82) is 0 Å². The minimum atomic E-state index is -0.315. The molecule has 0 radical (unpaired) electrons. The first-order chi connectivity index (χ1) is 7.96. The highest BCUT2D eigenvalue weighted by atomic mass is 16.2. The molecule has 0 aromatic rings. The topological polar surface area (TPSA) is 49.4 Å². The monoisotopic (exact) mass is 238 g/mol. The van der Waals surface area contributed by atoms with E-state index in [-0.39, 0.29) is 23.4 Å². The molecule has 2 aliphatic rings. The van der Waals surface area contributed by atoms with Crippen molar-refractivity contribution in [2.24, 2.45) is 11.3 Å². The Morgan fingerprint density at radius 3 is 2.41 bits per heavy atom. The number of carbonyl (C=O) groups is 2. The molecular formula is C13H22N2O2. The number of hydrogen-bond donors (Lipinski definition) is 1. The first kappa shape index (κ1) is 12.4. The molecule has 2 fully saturated rings. The Labute approximate surface area is 103 Å². The van der Waals surface area contributed by atoms with Gasteiger partial charge >= 0.3 is 6.03 Å². The number of rotatable bonds is 1. The Bertz CT molecular complexity index is 330. The third kappa shape index (κ3) is 2.05. The second kappa shape index (κ2) is 4.31. The average molecular weight is 238 g/mol. The molecule has 1 saturated carbocycles. The van der Waals surface area contributed by atoms with E-state index in [0.717, 1.165) is 25.7 Å². The molecular weight excluding hydrogens is 216 g/mol. The highest BCUT2D eigenvalue weighted by Gasteiger charge is 2.48. The molecule has 0 atom stereocenters. The molecule has 1 heterocycles. The van der Waals surface area contributed by atoms with E-state index in [0.29, 0.717) is 12.5 Å². The molecule has 0 aromatic heterocycles. The van der Waals surface area contributed by atoms with Gasteiger partial charge in [0.25, 0.3) is 0 Å². The van der Waals surface area contributed by atoms with E-state index in [1.54, 1.807) is 0 Å². The van der Waals surface area contributed by atoms with E-state index in [1.807, 2.05) is 13.8 Å². The molecule has 1 aliphatic heterocycles. The lowest BCUT2D eigenvalue weighted by Crippen LogP contribution is -2.63. The molecule has 0 unspecified atom stereocenters. The minimum Gasteiger partial charge on any atom is -0.337 e. The van der Waals surface area contributed by atoms with Crippen LogP contribution in [0.4, 0.5) is 4.79 Å². The highest BCUT2D eigenvalue weighted by molar-refractivity contribution is 6.00. The van der Waals surface area contributed by atoms with Gasteiger partial charge in [-0.1, -0.05) is 6.92 Å². The van der Waals surface area contributed by atoms with Crippen molar-refractivity contribution in [1.82, 2.24) is 10.2 Å². The number of hydrogen-bond acceptors (Lipinski definition) is 2. The summed E-state index contributed by atoms with van der Waals surface area (Å²) in [5.74, 6) is 0.752. The Balaban J connectivity index is 2.20. The van der Waals surface area contributed by atoms with E-state index in [4.69, 9.17) is 0 Å². The Hall–Kier alpha value is -1.06. The third-order valence-corrected chi connectivity index (χ3v) is 4.22. The first-order valence-electron chi connectivity index (χ1n) is 6.58. The molecule has 1 aliphatic carbocycles. The summed E-state index contributed by atoms with van der Waals surface area (Å²) in [6, 6.07) is -0.284. The maximum absolute atomic E-state index is 12.5. The zero-order valence-corrected chi connectivity index (χ0v) is 11.0. The standard InChI is InChI=1S/C13H22N2O2/c1-9(2)15-11(16)13(8-14-12(15)17)6-4-10(3)5-7-13/h9-10H,4-8H2,1-3H3,(H,14,17). The number of carbonyl (C=O) groups excluding carboxylic acids is 2. The SMILES string of the molecule is CC1CCC2(CC1)CNC(=O)N(C(C)C)C2=O. The largest absolute Gasteiger partial charge is 0.337 e. The lowest BCUT2D eigenvalue weighted by atomic mass is 9.69. The van der Waals surface area contributed by atoms with Gasteiger partial charge in [-0.2, -0.15) is 0 Å². The van der Waals surface area contributed by atoms with Crippen molar-refractivity contribution in [2.75, 3.05) is 6.54 Å². The van der Waals surface area contributed by atoms with Crippen molar-refractivity contribution in [3.05, 3.63) is 0 Å². The fraction of sp³-hybridized carbons (Fsp3) is 0.846. The van der Waals surface area contributed by atoms with Crippen LogP contribution in [-0.4, -0.2) is 29.4 Å². The van der Waals surface area contributed by atoms with Crippen molar-refractivity contribution >= 4 is 11.9 Å². The predicted octanol–water partition coefficient (Wildman–Crippen LogP) is 2.14. The zero-order chi connectivity index (χ0) is 12.6. The molecule has 0 bridgehead atoms. The van der Waals surface area contributed by atoms with Crippen LogP contribution in [0.3, 0.4) is 0 Å². The number of amides is 3. The van der Waals surface area contributed by atoms with Crippen LogP contribution in [0.5, 0.6) is 0 Å². The second-order valence-electron chi connectivity index (χ2n) is 5.89. The summed E-state index contributed by atoms with van der Waals surface area (Å²) in [5.41, 5.74) is -0.315. The number of imide groups is 1. The van der Waals surface area contributed by atoms with E-state index in [2.05, 4.69) is 12.2 Å². The Kier molecular flexibility index (Phi) is 3.15. The summed E-state index contributed by atoms with van der Waals surface area (Å²) in [7, 11) is 0. The van der Waals surface area contributed by atoms with Gasteiger partial charge in [0.1, 0.15) is 0 Å². The summed E-state index contributed by atoms with van der Waals surface area (Å²) in [5, 5.41) is 2.89. The van der Waals surface area contributed by atoms with Gasteiger partial charge in [-0.15, -0.1) is 0 Å². The molecule has 3 amide bonds. The quantitative estimate of drug-likeness (QED) is 0.761. The van der Waals surface area contributed by atoms with Gasteiger partial charge in [0, 0.05) is 12.6 Å². The third-order valence-electron chi connectivity index (χ3n) is 4.22. The van der Waals surface area contributed by atoms with Crippen LogP contribution in [0, 0.1) is 11.3 Å². The maximum atomic E-state index is 12.5. The van der Waals surface area contributed by atoms with Gasteiger partial charge in [-0.3, -0.25) is 9.69 Å². The van der Waals surface area contributed by atoms with E-state index in [1.165, 1.54) is 4.90 Å². The van der Waals surface area contributed by atoms with E-state index < -0.39 is 0 Å². The molecule has 2 rings (SSSR count). The lowest BCUT2D eigenvalue weighted by molar-refractivity contribution is -0.144. The fourth-order valence-corrected chi connectivity index (χ4v) is 2.93. The Morgan fingerprint density at radius 1 is 1.29 bits per heavy atom. The number of nitrogens with zero attached hydrogens (tertiary/aromatic N) is 1. The lowest BCUT2D eigenvalue weighted by Gasteiger charge is -2.45. The molecule has 4 nitrogen and oxygen atoms in total. The first-order valence-corrected chi connectivity index (χ1v) is 6.58. The number of nitrogens with one attached hydrogen (secondary N) is 1. The highest BCUT2D eigenvalue weighted by Crippen LogP contribution is 2.41.